The number of benzene rings is 1. The largest absolute Gasteiger partial charge is 0.462 e. The standard InChI is InChI=1S/C19H17N3O3S/c1-12-17(21-19(26-12)15-7-4-10-25-15)18(24)20-13-5-2-6-14(11-13)22-9-3-8-16(22)23/h2,4-7,10-11H,3,8-9H2,1H3,(H,20,24). The quantitative estimate of drug-likeness (QED) is 0.753. The first-order chi connectivity index (χ1) is 12.6. The number of aryl methyl sites for hydroxylation is 1. The lowest BCUT2D eigenvalue weighted by atomic mass is 10.2. The highest BCUT2D eigenvalue weighted by Gasteiger charge is 2.22. The number of hydrogen-bond donors (Lipinski definition) is 1. The molecular formula is C19H17N3O3S. The third-order valence-electron chi connectivity index (χ3n) is 4.23. The fourth-order valence-corrected chi connectivity index (χ4v) is 3.85. The summed E-state index contributed by atoms with van der Waals surface area (Å²) < 4.78 is 5.35. The third-order valence-corrected chi connectivity index (χ3v) is 5.22. The molecule has 2 amide bonds. The summed E-state index contributed by atoms with van der Waals surface area (Å²) in [7, 11) is 0. The van der Waals surface area contributed by atoms with Gasteiger partial charge in [0.1, 0.15) is 5.69 Å². The second-order valence-electron chi connectivity index (χ2n) is 6.05. The topological polar surface area (TPSA) is 75.4 Å². The molecule has 0 unspecified atom stereocenters. The van der Waals surface area contributed by atoms with Gasteiger partial charge in [-0.1, -0.05) is 6.07 Å². The first kappa shape index (κ1) is 16.5. The van der Waals surface area contributed by atoms with Crippen LogP contribution in [0.3, 0.4) is 0 Å². The van der Waals surface area contributed by atoms with Crippen LogP contribution in [0.5, 0.6) is 0 Å². The molecule has 1 saturated heterocycles. The van der Waals surface area contributed by atoms with Crippen molar-refractivity contribution < 1.29 is 14.0 Å². The van der Waals surface area contributed by atoms with Crippen molar-refractivity contribution in [3.63, 3.8) is 0 Å². The molecule has 3 heterocycles. The van der Waals surface area contributed by atoms with Gasteiger partial charge in [0.2, 0.25) is 5.91 Å². The number of thiazole rings is 1. The summed E-state index contributed by atoms with van der Waals surface area (Å²) in [6, 6.07) is 10.9. The maximum absolute atomic E-state index is 12.6. The van der Waals surface area contributed by atoms with E-state index in [1.54, 1.807) is 23.3 Å². The molecule has 1 aromatic carbocycles. The molecule has 1 fully saturated rings. The molecule has 7 heteroatoms. The zero-order valence-corrected chi connectivity index (χ0v) is 15.0. The molecule has 1 N–H and O–H groups in total. The highest BCUT2D eigenvalue weighted by molar-refractivity contribution is 7.15. The lowest BCUT2D eigenvalue weighted by Crippen LogP contribution is -2.23. The molecule has 1 aliphatic rings. The van der Waals surface area contributed by atoms with E-state index in [9.17, 15) is 9.59 Å². The molecule has 0 aliphatic carbocycles. The van der Waals surface area contributed by atoms with Crippen LogP contribution in [0.25, 0.3) is 10.8 Å². The summed E-state index contributed by atoms with van der Waals surface area (Å²) in [4.78, 5) is 31.5. The van der Waals surface area contributed by atoms with Crippen molar-refractivity contribution in [2.45, 2.75) is 19.8 Å². The molecule has 0 atom stereocenters. The first-order valence-electron chi connectivity index (χ1n) is 8.35. The monoisotopic (exact) mass is 367 g/mol. The van der Waals surface area contributed by atoms with Crippen LogP contribution < -0.4 is 10.2 Å². The molecule has 0 bridgehead atoms. The molecule has 132 valence electrons. The van der Waals surface area contributed by atoms with Crippen LogP contribution in [0.15, 0.2) is 47.1 Å². The number of furan rings is 1. The van der Waals surface area contributed by atoms with Crippen LogP contribution in [0, 0.1) is 6.92 Å². The van der Waals surface area contributed by atoms with Gasteiger partial charge in [-0.05, 0) is 43.7 Å². The van der Waals surface area contributed by atoms with Gasteiger partial charge in [-0.25, -0.2) is 4.98 Å². The molecular weight excluding hydrogens is 350 g/mol. The average molecular weight is 367 g/mol. The molecule has 0 saturated carbocycles. The Labute approximate surface area is 154 Å². The molecule has 6 nitrogen and oxygen atoms in total. The second-order valence-corrected chi connectivity index (χ2v) is 7.26. The van der Waals surface area contributed by atoms with Crippen molar-refractivity contribution >= 4 is 34.5 Å². The van der Waals surface area contributed by atoms with Gasteiger partial charge in [-0.15, -0.1) is 11.3 Å². The number of nitrogens with zero attached hydrogens (tertiary/aromatic N) is 2. The maximum Gasteiger partial charge on any atom is 0.275 e. The highest BCUT2D eigenvalue weighted by atomic mass is 32.1. The summed E-state index contributed by atoms with van der Waals surface area (Å²) in [5.41, 5.74) is 1.82. The first-order valence-corrected chi connectivity index (χ1v) is 9.16. The Morgan fingerprint density at radius 3 is 2.92 bits per heavy atom. The number of rotatable bonds is 4. The van der Waals surface area contributed by atoms with Gasteiger partial charge in [0.05, 0.1) is 6.26 Å². The number of aromatic nitrogens is 1. The summed E-state index contributed by atoms with van der Waals surface area (Å²) in [5, 5.41) is 3.55. The van der Waals surface area contributed by atoms with Gasteiger partial charge in [-0.2, -0.15) is 0 Å². The second kappa shape index (κ2) is 6.76. The minimum Gasteiger partial charge on any atom is -0.462 e. The summed E-state index contributed by atoms with van der Waals surface area (Å²) in [6.07, 6.45) is 3.02. The Balaban J connectivity index is 1.54. The number of carbonyl (C=O) groups is 2. The highest BCUT2D eigenvalue weighted by Crippen LogP contribution is 2.29. The van der Waals surface area contributed by atoms with E-state index in [1.807, 2.05) is 31.2 Å². The Kier molecular flexibility index (Phi) is 4.30. The number of anilines is 2. The van der Waals surface area contributed by atoms with E-state index in [4.69, 9.17) is 4.42 Å². The Morgan fingerprint density at radius 2 is 2.19 bits per heavy atom. The molecule has 0 spiro atoms. The van der Waals surface area contributed by atoms with E-state index in [0.29, 0.717) is 35.1 Å². The number of carbonyl (C=O) groups excluding carboxylic acids is 2. The number of amides is 2. The number of nitrogens with one attached hydrogen (secondary N) is 1. The zero-order chi connectivity index (χ0) is 18.1. The van der Waals surface area contributed by atoms with Crippen LogP contribution in [0.1, 0.15) is 28.2 Å². The van der Waals surface area contributed by atoms with Crippen molar-refractivity contribution in [3.8, 4) is 10.8 Å². The van der Waals surface area contributed by atoms with Gasteiger partial charge in [0.15, 0.2) is 10.8 Å². The molecule has 2 aromatic heterocycles. The minimum atomic E-state index is -0.276. The van der Waals surface area contributed by atoms with Gasteiger partial charge in [0.25, 0.3) is 5.91 Å². The lowest BCUT2D eigenvalue weighted by molar-refractivity contribution is -0.117. The van der Waals surface area contributed by atoms with Crippen LogP contribution in [0.4, 0.5) is 11.4 Å². The Bertz CT molecular complexity index is 962. The fraction of sp³-hybridized carbons (Fsp3) is 0.211. The van der Waals surface area contributed by atoms with Crippen molar-refractivity contribution in [1.29, 1.82) is 0 Å². The molecule has 4 rings (SSSR count). The van der Waals surface area contributed by atoms with Gasteiger partial charge in [0, 0.05) is 29.2 Å². The maximum atomic E-state index is 12.6. The van der Waals surface area contributed by atoms with Crippen molar-refractivity contribution in [3.05, 3.63) is 53.2 Å². The SMILES string of the molecule is Cc1sc(-c2ccco2)nc1C(=O)Nc1cccc(N2CCCC2=O)c1. The van der Waals surface area contributed by atoms with E-state index in [-0.39, 0.29) is 11.8 Å². The van der Waals surface area contributed by atoms with Gasteiger partial charge >= 0.3 is 0 Å². The lowest BCUT2D eigenvalue weighted by Gasteiger charge is -2.16. The van der Waals surface area contributed by atoms with Crippen molar-refractivity contribution in [1.82, 2.24) is 4.98 Å². The van der Waals surface area contributed by atoms with Crippen molar-refractivity contribution in [2.24, 2.45) is 0 Å². The van der Waals surface area contributed by atoms with E-state index in [2.05, 4.69) is 10.3 Å². The molecule has 0 radical (unpaired) electrons. The van der Waals surface area contributed by atoms with Crippen LogP contribution >= 0.6 is 11.3 Å². The van der Waals surface area contributed by atoms with E-state index < -0.39 is 0 Å². The normalized spacial score (nSPS) is 14.0. The Morgan fingerprint density at radius 1 is 1.31 bits per heavy atom. The zero-order valence-electron chi connectivity index (χ0n) is 14.2. The van der Waals surface area contributed by atoms with E-state index in [0.717, 1.165) is 17.0 Å². The minimum absolute atomic E-state index is 0.118. The summed E-state index contributed by atoms with van der Waals surface area (Å²) in [6.45, 7) is 2.58. The third kappa shape index (κ3) is 3.13. The predicted molar refractivity (Wildman–Crippen MR) is 101 cm³/mol. The molecule has 26 heavy (non-hydrogen) atoms. The predicted octanol–water partition coefficient (Wildman–Crippen LogP) is 4.09. The molecule has 3 aromatic rings. The van der Waals surface area contributed by atoms with Crippen molar-refractivity contribution in [2.75, 3.05) is 16.8 Å². The number of hydrogen-bond acceptors (Lipinski definition) is 5. The fourth-order valence-electron chi connectivity index (χ4n) is 2.98. The van der Waals surface area contributed by atoms with E-state index >= 15 is 0 Å². The van der Waals surface area contributed by atoms with E-state index in [1.165, 1.54) is 11.3 Å². The van der Waals surface area contributed by atoms with Gasteiger partial charge in [-0.3, -0.25) is 9.59 Å². The summed E-state index contributed by atoms with van der Waals surface area (Å²) >= 11 is 1.42. The van der Waals surface area contributed by atoms with Gasteiger partial charge < -0.3 is 14.6 Å². The molecule has 1 aliphatic heterocycles. The summed E-state index contributed by atoms with van der Waals surface area (Å²) in [5.74, 6) is 0.486. The average Bonchev–Trinajstić information content (AvgIpc) is 3.35. The van der Waals surface area contributed by atoms with Crippen LogP contribution in [-0.2, 0) is 4.79 Å². The van der Waals surface area contributed by atoms with Crippen LogP contribution in [0.2, 0.25) is 0 Å². The van der Waals surface area contributed by atoms with Crippen LogP contribution in [-0.4, -0.2) is 23.3 Å². The smallest absolute Gasteiger partial charge is 0.275 e. The Hall–Kier alpha value is -2.93.